The molecule has 39 heavy (non-hydrogen) atoms. The zero-order chi connectivity index (χ0) is 28.2. The van der Waals surface area contributed by atoms with Crippen LogP contribution in [0.4, 0.5) is 29.2 Å². The number of rotatable bonds is 5. The number of fused-ring (bicyclic) bond motifs is 1. The summed E-state index contributed by atoms with van der Waals surface area (Å²) >= 11 is 0. The van der Waals surface area contributed by atoms with Gasteiger partial charge in [0.05, 0.1) is 7.11 Å². The highest BCUT2D eigenvalue weighted by molar-refractivity contribution is 5.73. The van der Waals surface area contributed by atoms with Gasteiger partial charge in [-0.15, -0.1) is 5.10 Å². The Morgan fingerprint density at radius 3 is 2.46 bits per heavy atom. The molecule has 0 fully saturated rings. The second-order valence-corrected chi connectivity index (χ2v) is 8.67. The van der Waals surface area contributed by atoms with Gasteiger partial charge in [0, 0.05) is 24.2 Å². The van der Waals surface area contributed by atoms with Gasteiger partial charge in [-0.3, -0.25) is 0 Å². The Balaban J connectivity index is 0.000000448. The number of hydrogen-bond donors (Lipinski definition) is 2. The largest absolute Gasteiger partial charge is 0.494 e. The second-order valence-electron chi connectivity index (χ2n) is 8.67. The number of aliphatic carboxylic acids is 1. The molecule has 2 aromatic heterocycles. The molecule has 2 N–H and O–H groups in total. The quantitative estimate of drug-likeness (QED) is 0.335. The molecule has 2 aromatic carbocycles. The highest BCUT2D eigenvalue weighted by Crippen LogP contribution is 2.33. The van der Waals surface area contributed by atoms with Crippen LogP contribution < -0.4 is 10.1 Å². The van der Waals surface area contributed by atoms with Crippen molar-refractivity contribution < 1.29 is 32.2 Å². The molecule has 10 nitrogen and oxygen atoms in total. The van der Waals surface area contributed by atoms with Crippen LogP contribution in [0.15, 0.2) is 48.8 Å². The van der Waals surface area contributed by atoms with E-state index < -0.39 is 12.1 Å². The lowest BCUT2D eigenvalue weighted by atomic mass is 9.93. The molecule has 4 aromatic rings. The fourth-order valence-electron chi connectivity index (χ4n) is 4.12. The maximum Gasteiger partial charge on any atom is 0.490 e. The van der Waals surface area contributed by atoms with Crippen molar-refractivity contribution in [2.75, 3.05) is 12.4 Å². The summed E-state index contributed by atoms with van der Waals surface area (Å²) in [6.45, 7) is 2.65. The Labute approximate surface area is 220 Å². The third kappa shape index (κ3) is 6.69. The summed E-state index contributed by atoms with van der Waals surface area (Å²) in [6, 6.07) is 12.4. The maximum atomic E-state index is 13.4. The predicted molar refractivity (Wildman–Crippen MR) is 132 cm³/mol. The van der Waals surface area contributed by atoms with Gasteiger partial charge in [0.15, 0.2) is 0 Å². The molecule has 0 amide bonds. The molecule has 0 radical (unpaired) electrons. The van der Waals surface area contributed by atoms with E-state index in [1.807, 2.05) is 41.9 Å². The van der Waals surface area contributed by atoms with Crippen LogP contribution in [0.1, 0.15) is 42.4 Å². The summed E-state index contributed by atoms with van der Waals surface area (Å²) in [5.41, 5.74) is 2.66. The van der Waals surface area contributed by atoms with Crippen LogP contribution in [0.25, 0.3) is 5.69 Å². The standard InChI is InChI=1S/C23H24FN7O.C2HF3O2/c1-15-25-14-31(28-15)20-11-10-18(13-21(20)32-2)26-23-27-22-19(5-3-4-12-30(22)29-23)16-6-8-17(24)9-7-16;3-2(4,5)1(6)7/h6-11,13-14,19H,3-5,12H2,1-2H3,(H,26,29);(H,6,7). The molecule has 0 aliphatic carbocycles. The number of ether oxygens (including phenoxy) is 1. The number of methoxy groups -OCH3 is 1. The second kappa shape index (κ2) is 11.5. The van der Waals surface area contributed by atoms with Crippen molar-refractivity contribution in [2.45, 2.75) is 44.8 Å². The lowest BCUT2D eigenvalue weighted by molar-refractivity contribution is -0.192. The topological polar surface area (TPSA) is 120 Å². The molecule has 206 valence electrons. The number of anilines is 2. The minimum absolute atomic E-state index is 0.0913. The van der Waals surface area contributed by atoms with E-state index >= 15 is 0 Å². The number of aryl methyl sites for hydroxylation is 2. The molecule has 1 aliphatic heterocycles. The predicted octanol–water partition coefficient (Wildman–Crippen LogP) is 5.01. The molecular formula is C25H25F4N7O3. The van der Waals surface area contributed by atoms with Crippen LogP contribution in [-0.4, -0.2) is 53.9 Å². The first-order valence-electron chi connectivity index (χ1n) is 11.9. The summed E-state index contributed by atoms with van der Waals surface area (Å²) < 4.78 is 54.4. The Hall–Kier alpha value is -4.49. The monoisotopic (exact) mass is 547 g/mol. The minimum atomic E-state index is -5.08. The van der Waals surface area contributed by atoms with Crippen LogP contribution in [-0.2, 0) is 11.3 Å². The normalized spacial score (nSPS) is 15.0. The fourth-order valence-corrected chi connectivity index (χ4v) is 4.12. The zero-order valence-corrected chi connectivity index (χ0v) is 21.0. The van der Waals surface area contributed by atoms with Crippen LogP contribution >= 0.6 is 0 Å². The molecule has 1 aliphatic rings. The highest BCUT2D eigenvalue weighted by Gasteiger charge is 2.38. The average molecular weight is 548 g/mol. The van der Waals surface area contributed by atoms with Crippen molar-refractivity contribution in [3.8, 4) is 11.4 Å². The van der Waals surface area contributed by atoms with Gasteiger partial charge < -0.3 is 15.2 Å². The van der Waals surface area contributed by atoms with Crippen molar-refractivity contribution in [2.24, 2.45) is 0 Å². The molecular weight excluding hydrogens is 522 g/mol. The van der Waals surface area contributed by atoms with E-state index in [1.54, 1.807) is 18.1 Å². The molecule has 0 bridgehead atoms. The molecule has 5 rings (SSSR count). The van der Waals surface area contributed by atoms with E-state index in [0.717, 1.165) is 48.6 Å². The van der Waals surface area contributed by atoms with Crippen LogP contribution in [0.3, 0.4) is 0 Å². The minimum Gasteiger partial charge on any atom is -0.494 e. The van der Waals surface area contributed by atoms with E-state index in [4.69, 9.17) is 24.7 Å². The Kier molecular flexibility index (Phi) is 8.12. The summed E-state index contributed by atoms with van der Waals surface area (Å²) in [5.74, 6) is -0.122. The number of halogens is 4. The Morgan fingerprint density at radius 1 is 1.13 bits per heavy atom. The van der Waals surface area contributed by atoms with Gasteiger partial charge in [0.1, 0.15) is 35.2 Å². The smallest absolute Gasteiger partial charge is 0.490 e. The number of aromatic nitrogens is 6. The van der Waals surface area contributed by atoms with Crippen LogP contribution in [0.5, 0.6) is 5.75 Å². The molecule has 3 heterocycles. The summed E-state index contributed by atoms with van der Waals surface area (Å²) in [4.78, 5) is 17.9. The average Bonchev–Trinajstić information content (AvgIpc) is 3.45. The molecule has 1 atom stereocenters. The van der Waals surface area contributed by atoms with Gasteiger partial charge in [0.2, 0.25) is 5.95 Å². The van der Waals surface area contributed by atoms with Gasteiger partial charge in [-0.25, -0.2) is 23.5 Å². The summed E-state index contributed by atoms with van der Waals surface area (Å²) in [5, 5.41) is 19.5. The van der Waals surface area contributed by atoms with E-state index in [-0.39, 0.29) is 11.7 Å². The summed E-state index contributed by atoms with van der Waals surface area (Å²) in [7, 11) is 1.62. The summed E-state index contributed by atoms with van der Waals surface area (Å²) in [6.07, 6.45) is -0.350. The first-order chi connectivity index (χ1) is 18.5. The molecule has 14 heteroatoms. The Morgan fingerprint density at radius 2 is 1.85 bits per heavy atom. The molecule has 0 saturated carbocycles. The zero-order valence-electron chi connectivity index (χ0n) is 21.0. The van der Waals surface area contributed by atoms with Crippen LogP contribution in [0.2, 0.25) is 0 Å². The molecule has 1 unspecified atom stereocenters. The third-order valence-electron chi connectivity index (χ3n) is 5.93. The number of carbonyl (C=O) groups is 1. The number of carboxylic acid groups (broad SMARTS) is 1. The number of nitrogens with one attached hydrogen (secondary N) is 1. The number of benzene rings is 2. The number of hydrogen-bond acceptors (Lipinski definition) is 7. The van der Waals surface area contributed by atoms with Crippen molar-refractivity contribution >= 4 is 17.6 Å². The van der Waals surface area contributed by atoms with Crippen molar-refractivity contribution in [3.05, 3.63) is 71.8 Å². The van der Waals surface area contributed by atoms with E-state index in [2.05, 4.69) is 15.4 Å². The van der Waals surface area contributed by atoms with Crippen molar-refractivity contribution in [3.63, 3.8) is 0 Å². The van der Waals surface area contributed by atoms with Gasteiger partial charge in [-0.05, 0) is 49.6 Å². The molecule has 0 saturated heterocycles. The van der Waals surface area contributed by atoms with Gasteiger partial charge in [-0.2, -0.15) is 23.3 Å². The fraction of sp³-hybridized carbons (Fsp3) is 0.320. The number of alkyl halides is 3. The molecule has 0 spiro atoms. The Bertz CT molecular complexity index is 1430. The van der Waals surface area contributed by atoms with E-state index in [9.17, 15) is 17.6 Å². The van der Waals surface area contributed by atoms with E-state index in [0.29, 0.717) is 17.5 Å². The van der Waals surface area contributed by atoms with E-state index in [1.165, 1.54) is 12.1 Å². The highest BCUT2D eigenvalue weighted by atomic mass is 19.4. The first kappa shape index (κ1) is 27.5. The van der Waals surface area contributed by atoms with Crippen LogP contribution in [0, 0.1) is 12.7 Å². The number of carboxylic acids is 1. The van der Waals surface area contributed by atoms with Gasteiger partial charge in [-0.1, -0.05) is 18.6 Å². The van der Waals surface area contributed by atoms with Crippen molar-refractivity contribution in [1.82, 2.24) is 29.5 Å². The third-order valence-corrected chi connectivity index (χ3v) is 5.93. The SMILES string of the molecule is COc1cc(Nc2nc3n(n2)CCCCC3c2ccc(F)cc2)ccc1-n1cnc(C)n1.O=C(O)C(F)(F)F. The maximum absolute atomic E-state index is 13.4. The lowest BCUT2D eigenvalue weighted by Crippen LogP contribution is -2.21. The lowest BCUT2D eigenvalue weighted by Gasteiger charge is -2.14. The number of nitrogens with zero attached hydrogens (tertiary/aromatic N) is 6. The van der Waals surface area contributed by atoms with Crippen molar-refractivity contribution in [1.29, 1.82) is 0 Å². The first-order valence-corrected chi connectivity index (χ1v) is 11.9. The van der Waals surface area contributed by atoms with Gasteiger partial charge >= 0.3 is 12.1 Å². The van der Waals surface area contributed by atoms with Gasteiger partial charge in [0.25, 0.3) is 0 Å².